The molecule has 0 unspecified atom stereocenters. The minimum atomic E-state index is -0.171. The maximum atomic E-state index is 12.8. The predicted octanol–water partition coefficient (Wildman–Crippen LogP) is 7.53. The normalized spacial score (nSPS) is 49.7. The summed E-state index contributed by atoms with van der Waals surface area (Å²) in [5.41, 5.74) is 3.98. The van der Waals surface area contributed by atoms with Crippen LogP contribution in [0.15, 0.2) is 23.3 Å². The Morgan fingerprint density at radius 3 is 2.53 bits per heavy atom. The molecule has 32 heavy (non-hydrogen) atoms. The SMILES string of the molecule is CC(C)=C[C@@H]1C[C@@H]([C@@H]2CC[C@]3(C)C4=CC[C@H]5C(C)(C)C(=O)CC[C@]5(C)[C@H]4CC[C@@]23C)CO1. The number of carbonyl (C=O) groups excluding carboxylic acids is 1. The summed E-state index contributed by atoms with van der Waals surface area (Å²) < 4.78 is 6.25. The Labute approximate surface area is 196 Å². The van der Waals surface area contributed by atoms with E-state index in [9.17, 15) is 4.79 Å². The van der Waals surface area contributed by atoms with Gasteiger partial charge in [0.05, 0.1) is 12.7 Å². The zero-order valence-electron chi connectivity index (χ0n) is 21.7. The molecule has 0 aromatic rings. The molecule has 5 aliphatic rings. The average Bonchev–Trinajstić information content (AvgIpc) is 3.26. The van der Waals surface area contributed by atoms with Gasteiger partial charge in [-0.3, -0.25) is 4.79 Å². The highest BCUT2D eigenvalue weighted by Gasteiger charge is 2.65. The summed E-state index contributed by atoms with van der Waals surface area (Å²) in [6, 6.07) is 0. The van der Waals surface area contributed by atoms with Crippen LogP contribution < -0.4 is 0 Å². The van der Waals surface area contributed by atoms with Crippen molar-refractivity contribution in [1.29, 1.82) is 0 Å². The molecular formula is C30H46O2. The molecule has 8 atom stereocenters. The van der Waals surface area contributed by atoms with Gasteiger partial charge in [0.2, 0.25) is 0 Å². The summed E-state index contributed by atoms with van der Waals surface area (Å²) in [6.07, 6.45) is 14.9. The predicted molar refractivity (Wildman–Crippen MR) is 131 cm³/mol. The van der Waals surface area contributed by atoms with Gasteiger partial charge in [0.1, 0.15) is 5.78 Å². The second-order valence-corrected chi connectivity index (χ2v) is 13.7. The van der Waals surface area contributed by atoms with Gasteiger partial charge in [0.15, 0.2) is 0 Å². The number of rotatable bonds is 2. The van der Waals surface area contributed by atoms with E-state index in [2.05, 4.69) is 60.6 Å². The fourth-order valence-corrected chi connectivity index (χ4v) is 9.76. The highest BCUT2D eigenvalue weighted by molar-refractivity contribution is 5.85. The smallest absolute Gasteiger partial charge is 0.138 e. The summed E-state index contributed by atoms with van der Waals surface area (Å²) in [7, 11) is 0. The third-order valence-corrected chi connectivity index (χ3v) is 11.8. The number of hydrogen-bond acceptors (Lipinski definition) is 2. The quantitative estimate of drug-likeness (QED) is 0.416. The molecule has 0 bridgehead atoms. The third kappa shape index (κ3) is 2.96. The van der Waals surface area contributed by atoms with Crippen molar-refractivity contribution < 1.29 is 9.53 Å². The molecule has 5 rings (SSSR count). The molecular weight excluding hydrogens is 392 g/mol. The van der Waals surface area contributed by atoms with E-state index >= 15 is 0 Å². The molecule has 4 fully saturated rings. The number of allylic oxidation sites excluding steroid dienone is 3. The lowest BCUT2D eigenvalue weighted by atomic mass is 9.41. The van der Waals surface area contributed by atoms with Crippen LogP contribution in [0, 0.1) is 45.3 Å². The Morgan fingerprint density at radius 1 is 1.06 bits per heavy atom. The molecule has 3 saturated carbocycles. The molecule has 0 amide bonds. The van der Waals surface area contributed by atoms with E-state index in [0.29, 0.717) is 40.5 Å². The van der Waals surface area contributed by atoms with Gasteiger partial charge < -0.3 is 4.74 Å². The van der Waals surface area contributed by atoms with E-state index in [4.69, 9.17) is 4.74 Å². The molecule has 4 aliphatic carbocycles. The van der Waals surface area contributed by atoms with Crippen LogP contribution in [0.3, 0.4) is 0 Å². The van der Waals surface area contributed by atoms with Gasteiger partial charge >= 0.3 is 0 Å². The fourth-order valence-electron chi connectivity index (χ4n) is 9.76. The van der Waals surface area contributed by atoms with E-state index in [1.54, 1.807) is 5.57 Å². The van der Waals surface area contributed by atoms with Crippen LogP contribution in [0.4, 0.5) is 0 Å². The summed E-state index contributed by atoms with van der Waals surface area (Å²) >= 11 is 0. The molecule has 1 aliphatic heterocycles. The molecule has 1 saturated heterocycles. The van der Waals surface area contributed by atoms with Crippen molar-refractivity contribution in [2.75, 3.05) is 6.61 Å². The highest BCUT2D eigenvalue weighted by Crippen LogP contribution is 2.73. The first-order valence-corrected chi connectivity index (χ1v) is 13.4. The van der Waals surface area contributed by atoms with Gasteiger partial charge in [0, 0.05) is 11.8 Å². The molecule has 0 spiro atoms. The van der Waals surface area contributed by atoms with Crippen LogP contribution in [0.2, 0.25) is 0 Å². The van der Waals surface area contributed by atoms with Crippen molar-refractivity contribution in [3.8, 4) is 0 Å². The number of ether oxygens (including phenoxy) is 1. The second kappa shape index (κ2) is 7.30. The topological polar surface area (TPSA) is 26.3 Å². The van der Waals surface area contributed by atoms with Crippen LogP contribution in [-0.2, 0) is 9.53 Å². The summed E-state index contributed by atoms with van der Waals surface area (Å²) in [6.45, 7) is 17.6. The van der Waals surface area contributed by atoms with Crippen LogP contribution in [0.25, 0.3) is 0 Å². The van der Waals surface area contributed by atoms with E-state index in [1.165, 1.54) is 37.7 Å². The molecule has 0 aromatic carbocycles. The zero-order chi connectivity index (χ0) is 23.1. The Hall–Kier alpha value is -0.890. The van der Waals surface area contributed by atoms with Crippen molar-refractivity contribution >= 4 is 5.78 Å². The average molecular weight is 439 g/mol. The van der Waals surface area contributed by atoms with Crippen LogP contribution >= 0.6 is 0 Å². The molecule has 0 N–H and O–H groups in total. The Balaban J connectivity index is 1.45. The van der Waals surface area contributed by atoms with Gasteiger partial charge in [-0.1, -0.05) is 57.9 Å². The van der Waals surface area contributed by atoms with Crippen LogP contribution in [-0.4, -0.2) is 18.5 Å². The Kier molecular flexibility index (Phi) is 5.22. The molecule has 1 heterocycles. The number of Topliss-reactive ketones (excluding diaryl/α,β-unsaturated/α-hetero) is 1. The molecule has 2 heteroatoms. The first kappa shape index (κ1) is 22.9. The summed E-state index contributed by atoms with van der Waals surface area (Å²) in [5, 5.41) is 0. The van der Waals surface area contributed by atoms with E-state index in [0.717, 1.165) is 31.8 Å². The molecule has 0 radical (unpaired) electrons. The van der Waals surface area contributed by atoms with E-state index in [1.807, 2.05) is 0 Å². The number of fused-ring (bicyclic) bond motifs is 5. The van der Waals surface area contributed by atoms with Gasteiger partial charge in [-0.25, -0.2) is 0 Å². The van der Waals surface area contributed by atoms with E-state index < -0.39 is 0 Å². The lowest BCUT2D eigenvalue weighted by molar-refractivity contribution is -0.146. The second-order valence-electron chi connectivity index (χ2n) is 13.7. The van der Waals surface area contributed by atoms with Gasteiger partial charge in [-0.2, -0.15) is 0 Å². The van der Waals surface area contributed by atoms with Crippen molar-refractivity contribution in [2.45, 2.75) is 106 Å². The summed E-state index contributed by atoms with van der Waals surface area (Å²) in [5.74, 6) is 3.15. The first-order chi connectivity index (χ1) is 14.9. The van der Waals surface area contributed by atoms with E-state index in [-0.39, 0.29) is 10.8 Å². The highest BCUT2D eigenvalue weighted by atomic mass is 16.5. The maximum absolute atomic E-state index is 12.8. The van der Waals surface area contributed by atoms with Gasteiger partial charge in [0.25, 0.3) is 0 Å². The molecule has 178 valence electrons. The Morgan fingerprint density at radius 2 is 1.81 bits per heavy atom. The number of ketones is 1. The van der Waals surface area contributed by atoms with Crippen molar-refractivity contribution in [2.24, 2.45) is 45.3 Å². The summed E-state index contributed by atoms with van der Waals surface area (Å²) in [4.78, 5) is 12.8. The van der Waals surface area contributed by atoms with Crippen LogP contribution in [0.1, 0.15) is 99.8 Å². The van der Waals surface area contributed by atoms with Gasteiger partial charge in [-0.05, 0) is 98.7 Å². The Bertz CT molecular complexity index is 860. The third-order valence-electron chi connectivity index (χ3n) is 11.8. The number of hydrogen-bond donors (Lipinski definition) is 0. The number of carbonyl (C=O) groups is 1. The monoisotopic (exact) mass is 438 g/mol. The minimum Gasteiger partial charge on any atom is -0.374 e. The zero-order valence-corrected chi connectivity index (χ0v) is 21.7. The molecule has 2 nitrogen and oxygen atoms in total. The maximum Gasteiger partial charge on any atom is 0.138 e. The fraction of sp³-hybridized carbons (Fsp3) is 0.833. The standard InChI is InChI=1S/C30H46O2/c1-19(2)16-21-17-20(18-32-21)22-10-14-30(7)24-8-9-25-27(3,4)26(31)12-13-28(25,5)23(24)11-15-29(22,30)6/h8,16,20-23,25H,9-15,17-18H2,1-7H3/t20-,21-,22+,23+,25+,28-,29+,30-/m1/s1. The van der Waals surface area contributed by atoms with Crippen molar-refractivity contribution in [1.82, 2.24) is 0 Å². The van der Waals surface area contributed by atoms with Crippen molar-refractivity contribution in [3.63, 3.8) is 0 Å². The van der Waals surface area contributed by atoms with Crippen molar-refractivity contribution in [3.05, 3.63) is 23.3 Å². The lowest BCUT2D eigenvalue weighted by Gasteiger charge is -2.63. The van der Waals surface area contributed by atoms with Crippen LogP contribution in [0.5, 0.6) is 0 Å². The lowest BCUT2D eigenvalue weighted by Crippen LogP contribution is -2.57. The largest absolute Gasteiger partial charge is 0.374 e. The van der Waals surface area contributed by atoms with Gasteiger partial charge in [-0.15, -0.1) is 0 Å². The molecule has 0 aromatic heterocycles. The minimum absolute atomic E-state index is 0.171. The first-order valence-electron chi connectivity index (χ1n) is 13.4.